The highest BCUT2D eigenvalue weighted by molar-refractivity contribution is 5.16. The summed E-state index contributed by atoms with van der Waals surface area (Å²) in [5.74, 6) is 0. The van der Waals surface area contributed by atoms with Crippen molar-refractivity contribution < 1.29 is 0 Å². The average molecular weight is 216 g/mol. The van der Waals surface area contributed by atoms with E-state index in [0.717, 1.165) is 6.04 Å². The van der Waals surface area contributed by atoms with Gasteiger partial charge in [-0.15, -0.1) is 0 Å². The van der Waals surface area contributed by atoms with Crippen molar-refractivity contribution in [2.45, 2.75) is 31.3 Å². The number of rotatable bonds is 2. The van der Waals surface area contributed by atoms with Gasteiger partial charge >= 0.3 is 0 Å². The number of hydrogen-bond acceptors (Lipinski definition) is 2. The van der Waals surface area contributed by atoms with Crippen LogP contribution in [0.1, 0.15) is 18.4 Å². The SMILES string of the molecule is c1ccc(C[C@H]2CN3CCCC3CN2)cc1. The van der Waals surface area contributed by atoms with Crippen molar-refractivity contribution in [3.8, 4) is 0 Å². The molecule has 0 bridgehead atoms. The zero-order valence-corrected chi connectivity index (χ0v) is 9.73. The molecule has 2 aliphatic rings. The van der Waals surface area contributed by atoms with E-state index in [4.69, 9.17) is 0 Å². The van der Waals surface area contributed by atoms with Crippen LogP contribution < -0.4 is 5.32 Å². The average Bonchev–Trinajstić information content (AvgIpc) is 2.77. The van der Waals surface area contributed by atoms with Crippen LogP contribution in [0.15, 0.2) is 30.3 Å². The summed E-state index contributed by atoms with van der Waals surface area (Å²) >= 11 is 0. The lowest BCUT2D eigenvalue weighted by Crippen LogP contribution is -2.54. The third-order valence-corrected chi connectivity index (χ3v) is 3.92. The van der Waals surface area contributed by atoms with Crippen molar-refractivity contribution in [1.29, 1.82) is 0 Å². The van der Waals surface area contributed by atoms with E-state index in [1.165, 1.54) is 44.5 Å². The molecule has 1 N–H and O–H groups in total. The zero-order chi connectivity index (χ0) is 10.8. The highest BCUT2D eigenvalue weighted by Gasteiger charge is 2.30. The molecule has 2 aliphatic heterocycles. The van der Waals surface area contributed by atoms with Crippen molar-refractivity contribution >= 4 is 0 Å². The lowest BCUT2D eigenvalue weighted by molar-refractivity contribution is 0.172. The van der Waals surface area contributed by atoms with Crippen LogP contribution in [-0.4, -0.2) is 36.6 Å². The summed E-state index contributed by atoms with van der Waals surface area (Å²) in [6, 6.07) is 12.3. The molecular formula is C14H20N2. The molecule has 1 aromatic carbocycles. The predicted molar refractivity (Wildman–Crippen MR) is 66.5 cm³/mol. The van der Waals surface area contributed by atoms with Crippen molar-refractivity contribution in [2.75, 3.05) is 19.6 Å². The van der Waals surface area contributed by atoms with Crippen molar-refractivity contribution in [2.24, 2.45) is 0 Å². The minimum absolute atomic E-state index is 0.650. The molecule has 2 nitrogen and oxygen atoms in total. The quantitative estimate of drug-likeness (QED) is 0.809. The van der Waals surface area contributed by atoms with Gasteiger partial charge in [-0.2, -0.15) is 0 Å². The summed E-state index contributed by atoms with van der Waals surface area (Å²) in [7, 11) is 0. The van der Waals surface area contributed by atoms with Gasteiger partial charge in [-0.05, 0) is 31.4 Å². The van der Waals surface area contributed by atoms with Gasteiger partial charge in [-0.1, -0.05) is 30.3 Å². The summed E-state index contributed by atoms with van der Waals surface area (Å²) in [6.45, 7) is 3.74. The Morgan fingerprint density at radius 1 is 1.25 bits per heavy atom. The molecule has 16 heavy (non-hydrogen) atoms. The first-order chi connectivity index (χ1) is 7.92. The molecule has 2 saturated heterocycles. The van der Waals surface area contributed by atoms with Crippen LogP contribution in [0.3, 0.4) is 0 Å². The van der Waals surface area contributed by atoms with E-state index >= 15 is 0 Å². The van der Waals surface area contributed by atoms with Gasteiger partial charge in [0.15, 0.2) is 0 Å². The molecule has 2 atom stereocenters. The van der Waals surface area contributed by atoms with E-state index in [9.17, 15) is 0 Å². The van der Waals surface area contributed by atoms with Crippen LogP contribution in [0.5, 0.6) is 0 Å². The molecule has 0 radical (unpaired) electrons. The molecular weight excluding hydrogens is 196 g/mol. The molecule has 1 aromatic rings. The van der Waals surface area contributed by atoms with Crippen LogP contribution in [0.4, 0.5) is 0 Å². The summed E-state index contributed by atoms with van der Waals surface area (Å²) in [5.41, 5.74) is 1.46. The number of nitrogens with zero attached hydrogens (tertiary/aromatic N) is 1. The first kappa shape index (κ1) is 10.3. The maximum atomic E-state index is 3.70. The molecule has 0 aliphatic carbocycles. The minimum atomic E-state index is 0.650. The van der Waals surface area contributed by atoms with Gasteiger partial charge in [0.2, 0.25) is 0 Å². The largest absolute Gasteiger partial charge is 0.311 e. The van der Waals surface area contributed by atoms with E-state index in [2.05, 4.69) is 40.5 Å². The highest BCUT2D eigenvalue weighted by atomic mass is 15.2. The summed E-state index contributed by atoms with van der Waals surface area (Å²) in [4.78, 5) is 2.67. The fourth-order valence-corrected chi connectivity index (χ4v) is 3.05. The van der Waals surface area contributed by atoms with Gasteiger partial charge in [0.05, 0.1) is 0 Å². The first-order valence-electron chi connectivity index (χ1n) is 6.43. The third-order valence-electron chi connectivity index (χ3n) is 3.92. The zero-order valence-electron chi connectivity index (χ0n) is 9.73. The smallest absolute Gasteiger partial charge is 0.0236 e. The van der Waals surface area contributed by atoms with Crippen LogP contribution in [-0.2, 0) is 6.42 Å². The fourth-order valence-electron chi connectivity index (χ4n) is 3.05. The monoisotopic (exact) mass is 216 g/mol. The topological polar surface area (TPSA) is 15.3 Å². The van der Waals surface area contributed by atoms with Gasteiger partial charge in [0, 0.05) is 25.2 Å². The van der Waals surface area contributed by atoms with Crippen molar-refractivity contribution in [1.82, 2.24) is 10.2 Å². The number of nitrogens with one attached hydrogen (secondary N) is 1. The summed E-state index contributed by atoms with van der Waals surface area (Å²) < 4.78 is 0. The van der Waals surface area contributed by atoms with Crippen LogP contribution >= 0.6 is 0 Å². The number of fused-ring (bicyclic) bond motifs is 1. The van der Waals surface area contributed by atoms with Crippen molar-refractivity contribution in [3.63, 3.8) is 0 Å². The Bertz CT molecular complexity index is 336. The molecule has 0 spiro atoms. The van der Waals surface area contributed by atoms with E-state index in [-0.39, 0.29) is 0 Å². The van der Waals surface area contributed by atoms with E-state index in [1.807, 2.05) is 0 Å². The van der Waals surface area contributed by atoms with E-state index in [0.29, 0.717) is 6.04 Å². The number of hydrogen-bond donors (Lipinski definition) is 1. The molecule has 2 fully saturated rings. The summed E-state index contributed by atoms with van der Waals surface area (Å²) in [6.07, 6.45) is 3.96. The standard InChI is InChI=1S/C14H20N2/c1-2-5-12(6-3-1)9-13-11-16-8-4-7-14(16)10-15-13/h1-3,5-6,13-15H,4,7-11H2/t13-,14?/m0/s1. The van der Waals surface area contributed by atoms with E-state index in [1.54, 1.807) is 0 Å². The Balaban J connectivity index is 1.60. The Hall–Kier alpha value is -0.860. The third kappa shape index (κ3) is 2.13. The molecule has 2 heteroatoms. The second kappa shape index (κ2) is 4.56. The molecule has 0 amide bonds. The molecule has 2 heterocycles. The molecule has 1 unspecified atom stereocenters. The van der Waals surface area contributed by atoms with Gasteiger partial charge in [-0.25, -0.2) is 0 Å². The maximum absolute atomic E-state index is 3.70. The highest BCUT2D eigenvalue weighted by Crippen LogP contribution is 2.20. The Kier molecular flexibility index (Phi) is 2.94. The van der Waals surface area contributed by atoms with E-state index < -0.39 is 0 Å². The molecule has 3 rings (SSSR count). The van der Waals surface area contributed by atoms with Crippen LogP contribution in [0.2, 0.25) is 0 Å². The molecule has 0 saturated carbocycles. The van der Waals surface area contributed by atoms with Crippen molar-refractivity contribution in [3.05, 3.63) is 35.9 Å². The predicted octanol–water partition coefficient (Wildman–Crippen LogP) is 1.67. The maximum Gasteiger partial charge on any atom is 0.0236 e. The molecule has 0 aromatic heterocycles. The normalized spacial score (nSPS) is 30.2. The molecule has 86 valence electrons. The van der Waals surface area contributed by atoms with Gasteiger partial charge in [0.1, 0.15) is 0 Å². The van der Waals surface area contributed by atoms with Gasteiger partial charge < -0.3 is 5.32 Å². The lowest BCUT2D eigenvalue weighted by atomic mass is 10.0. The van der Waals surface area contributed by atoms with Gasteiger partial charge in [-0.3, -0.25) is 4.90 Å². The fraction of sp³-hybridized carbons (Fsp3) is 0.571. The Labute approximate surface area is 97.6 Å². The Morgan fingerprint density at radius 3 is 3.00 bits per heavy atom. The Morgan fingerprint density at radius 2 is 2.12 bits per heavy atom. The second-order valence-corrected chi connectivity index (χ2v) is 5.09. The lowest BCUT2D eigenvalue weighted by Gasteiger charge is -2.36. The second-order valence-electron chi connectivity index (χ2n) is 5.09. The number of benzene rings is 1. The first-order valence-corrected chi connectivity index (χ1v) is 6.43. The van der Waals surface area contributed by atoms with Gasteiger partial charge in [0.25, 0.3) is 0 Å². The van der Waals surface area contributed by atoms with Crippen LogP contribution in [0, 0.1) is 0 Å². The summed E-state index contributed by atoms with van der Waals surface area (Å²) in [5, 5.41) is 3.70. The van der Waals surface area contributed by atoms with Crippen LogP contribution in [0.25, 0.3) is 0 Å². The minimum Gasteiger partial charge on any atom is -0.311 e. The number of piperazine rings is 1.